The van der Waals surface area contributed by atoms with Gasteiger partial charge < -0.3 is 10.6 Å². The van der Waals surface area contributed by atoms with Crippen molar-refractivity contribution in [2.75, 3.05) is 26.2 Å². The van der Waals surface area contributed by atoms with Crippen molar-refractivity contribution in [2.24, 2.45) is 0 Å². The average Bonchev–Trinajstić information content (AvgIpc) is 2.20. The Balaban J connectivity index is -0.000000131. The molecule has 0 amide bonds. The summed E-state index contributed by atoms with van der Waals surface area (Å²) in [6, 6.07) is 0. The van der Waals surface area contributed by atoms with Crippen LogP contribution in [-0.2, 0) is 0 Å². The lowest BCUT2D eigenvalue weighted by Gasteiger charge is -1.91. The van der Waals surface area contributed by atoms with Crippen LogP contribution in [0, 0.1) is 0 Å². The molecule has 0 aromatic rings. The molecule has 0 atom stereocenters. The van der Waals surface area contributed by atoms with Gasteiger partial charge in [0, 0.05) is 0 Å². The summed E-state index contributed by atoms with van der Waals surface area (Å²) >= 11 is 0. The van der Waals surface area contributed by atoms with Gasteiger partial charge in [0.1, 0.15) is 0 Å². The quantitative estimate of drug-likeness (QED) is 0.651. The lowest BCUT2D eigenvalue weighted by atomic mass is 10.5. The number of hydrogen-bond acceptors (Lipinski definition) is 2. The fourth-order valence-electron chi connectivity index (χ4n) is 0.604. The summed E-state index contributed by atoms with van der Waals surface area (Å²) < 4.78 is 0. The van der Waals surface area contributed by atoms with E-state index in [0.717, 1.165) is 26.2 Å². The van der Waals surface area contributed by atoms with Crippen LogP contribution in [0.5, 0.6) is 0 Å². The number of nitrogens with one attached hydrogen (secondary N) is 2. The molecule has 84 valence electrons. The van der Waals surface area contributed by atoms with Crippen molar-refractivity contribution < 1.29 is 0 Å². The molecule has 0 saturated heterocycles. The maximum atomic E-state index is 3.20. The van der Waals surface area contributed by atoms with Gasteiger partial charge >= 0.3 is 0 Å². The van der Waals surface area contributed by atoms with Crippen LogP contribution in [-0.4, -0.2) is 26.2 Å². The van der Waals surface area contributed by atoms with Crippen LogP contribution >= 0.6 is 0 Å². The molecule has 0 aromatic heterocycles. The molecule has 0 aliphatic rings. The molecular formula is C11H30N2. The van der Waals surface area contributed by atoms with Crippen molar-refractivity contribution in [3.8, 4) is 0 Å². The minimum absolute atomic E-state index is 1.09. The van der Waals surface area contributed by atoms with E-state index in [-0.39, 0.29) is 0 Å². The molecule has 0 unspecified atom stereocenters. The van der Waals surface area contributed by atoms with Crippen molar-refractivity contribution >= 4 is 0 Å². The second-order valence-corrected chi connectivity index (χ2v) is 2.31. The normalized spacial score (nSPS) is 7.85. The summed E-state index contributed by atoms with van der Waals surface area (Å²) in [4.78, 5) is 0. The minimum atomic E-state index is 1.09. The van der Waals surface area contributed by atoms with Gasteiger partial charge in [0.15, 0.2) is 0 Å². The fourth-order valence-corrected chi connectivity index (χ4v) is 0.604. The molecule has 0 spiro atoms. The molecule has 0 bridgehead atoms. The van der Waals surface area contributed by atoms with Crippen LogP contribution in [0.2, 0.25) is 0 Å². The van der Waals surface area contributed by atoms with Crippen molar-refractivity contribution in [3.63, 3.8) is 0 Å². The molecular weight excluding hydrogens is 160 g/mol. The molecule has 0 aliphatic heterocycles. The van der Waals surface area contributed by atoms with E-state index in [0.29, 0.717) is 0 Å². The van der Waals surface area contributed by atoms with E-state index in [1.807, 2.05) is 13.8 Å². The van der Waals surface area contributed by atoms with Gasteiger partial charge in [-0.05, 0) is 32.6 Å². The van der Waals surface area contributed by atoms with E-state index in [1.165, 1.54) is 6.42 Å². The van der Waals surface area contributed by atoms with Crippen LogP contribution in [0.25, 0.3) is 0 Å². The summed E-state index contributed by atoms with van der Waals surface area (Å²) in [7, 11) is 0. The van der Waals surface area contributed by atoms with Crippen LogP contribution in [0.3, 0.4) is 0 Å². The van der Waals surface area contributed by atoms with Gasteiger partial charge in [-0.1, -0.05) is 41.5 Å². The Kier molecular flexibility index (Phi) is 42.6. The summed E-state index contributed by atoms with van der Waals surface area (Å²) in [6.45, 7) is 16.9. The molecule has 0 saturated carbocycles. The molecule has 2 N–H and O–H groups in total. The molecule has 0 rings (SSSR count). The first-order valence-corrected chi connectivity index (χ1v) is 5.74. The topological polar surface area (TPSA) is 24.1 Å². The Morgan fingerprint density at radius 2 is 1.08 bits per heavy atom. The van der Waals surface area contributed by atoms with Gasteiger partial charge in [0.25, 0.3) is 0 Å². The largest absolute Gasteiger partial charge is 0.317 e. The average molecular weight is 190 g/mol. The second-order valence-electron chi connectivity index (χ2n) is 2.31. The predicted octanol–water partition coefficient (Wildman–Crippen LogP) is 2.65. The molecule has 2 heteroatoms. The number of hydrogen-bond donors (Lipinski definition) is 2. The van der Waals surface area contributed by atoms with Gasteiger partial charge in [0.05, 0.1) is 0 Å². The lowest BCUT2D eigenvalue weighted by Crippen LogP contribution is -2.12. The predicted molar refractivity (Wildman–Crippen MR) is 64.4 cm³/mol. The maximum absolute atomic E-state index is 3.20. The van der Waals surface area contributed by atoms with Crippen molar-refractivity contribution in [2.45, 2.75) is 48.0 Å². The van der Waals surface area contributed by atoms with Crippen molar-refractivity contribution in [1.82, 2.24) is 10.6 Å². The standard InChI is InChI=1S/C5H13N.C4H11N.C2H6/c1-3-5-6-4-2;1-3-5-4-2;1-2/h6H,3-5H2,1-2H3;5H,3-4H2,1-2H3;1-2H3. The van der Waals surface area contributed by atoms with E-state index < -0.39 is 0 Å². The van der Waals surface area contributed by atoms with Crippen LogP contribution in [0.15, 0.2) is 0 Å². The second kappa shape index (κ2) is 29.7. The highest BCUT2D eigenvalue weighted by Gasteiger charge is 1.71. The molecule has 0 aliphatic carbocycles. The highest BCUT2D eigenvalue weighted by atomic mass is 14.8. The van der Waals surface area contributed by atoms with Crippen molar-refractivity contribution in [1.29, 1.82) is 0 Å². The first kappa shape index (κ1) is 18.7. The Hall–Kier alpha value is -0.0800. The fraction of sp³-hybridized carbons (Fsp3) is 1.00. The van der Waals surface area contributed by atoms with E-state index in [4.69, 9.17) is 0 Å². The third kappa shape index (κ3) is 48.5. The van der Waals surface area contributed by atoms with E-state index >= 15 is 0 Å². The molecule has 0 fully saturated rings. The first-order valence-electron chi connectivity index (χ1n) is 5.74. The Morgan fingerprint density at radius 3 is 1.15 bits per heavy atom. The minimum Gasteiger partial charge on any atom is -0.317 e. The zero-order chi connectivity index (χ0) is 10.9. The van der Waals surface area contributed by atoms with Gasteiger partial charge in [-0.15, -0.1) is 0 Å². The molecule has 0 aromatic carbocycles. The van der Waals surface area contributed by atoms with E-state index in [9.17, 15) is 0 Å². The monoisotopic (exact) mass is 190 g/mol. The van der Waals surface area contributed by atoms with E-state index in [2.05, 4.69) is 38.3 Å². The van der Waals surface area contributed by atoms with Crippen LogP contribution < -0.4 is 10.6 Å². The highest BCUT2D eigenvalue weighted by Crippen LogP contribution is 1.65. The molecule has 13 heavy (non-hydrogen) atoms. The lowest BCUT2D eigenvalue weighted by molar-refractivity contribution is 0.703. The Bertz CT molecular complexity index is 41.4. The third-order valence-electron chi connectivity index (χ3n) is 1.18. The van der Waals surface area contributed by atoms with Crippen LogP contribution in [0.1, 0.15) is 48.0 Å². The van der Waals surface area contributed by atoms with Crippen molar-refractivity contribution in [3.05, 3.63) is 0 Å². The zero-order valence-electron chi connectivity index (χ0n) is 10.5. The molecule has 2 nitrogen and oxygen atoms in total. The molecule has 0 heterocycles. The van der Waals surface area contributed by atoms with E-state index in [1.54, 1.807) is 0 Å². The summed E-state index contributed by atoms with van der Waals surface area (Å²) in [5.41, 5.74) is 0. The van der Waals surface area contributed by atoms with Gasteiger partial charge in [-0.25, -0.2) is 0 Å². The zero-order valence-corrected chi connectivity index (χ0v) is 10.5. The third-order valence-corrected chi connectivity index (χ3v) is 1.18. The summed E-state index contributed by atoms with van der Waals surface area (Å²) in [5, 5.41) is 6.31. The maximum Gasteiger partial charge on any atom is -0.00517 e. The smallest absolute Gasteiger partial charge is 0.00517 e. The van der Waals surface area contributed by atoms with Gasteiger partial charge in [-0.3, -0.25) is 0 Å². The van der Waals surface area contributed by atoms with Crippen LogP contribution in [0.4, 0.5) is 0 Å². The Labute approximate surface area is 85.5 Å². The summed E-state index contributed by atoms with van der Waals surface area (Å²) in [5.74, 6) is 0. The SMILES string of the molecule is CC.CCCNCC.CCNCC. The van der Waals surface area contributed by atoms with Gasteiger partial charge in [0.2, 0.25) is 0 Å². The number of rotatable bonds is 5. The highest BCUT2D eigenvalue weighted by molar-refractivity contribution is 4.35. The summed E-state index contributed by atoms with van der Waals surface area (Å²) in [6.07, 6.45) is 1.24. The first-order chi connectivity index (χ1) is 6.33. The van der Waals surface area contributed by atoms with Gasteiger partial charge in [-0.2, -0.15) is 0 Å². The Morgan fingerprint density at radius 1 is 0.692 bits per heavy atom. The molecule has 0 radical (unpaired) electrons.